The van der Waals surface area contributed by atoms with E-state index in [1.54, 1.807) is 24.3 Å². The van der Waals surface area contributed by atoms with Crippen LogP contribution >= 0.6 is 11.6 Å². The zero-order chi connectivity index (χ0) is 13.6. The number of aromatic nitrogens is 3. The molecule has 4 N–H and O–H groups in total. The molecule has 3 rings (SSSR count). The number of nitrogens with one attached hydrogen (secondary N) is 1. The van der Waals surface area contributed by atoms with E-state index in [4.69, 9.17) is 17.3 Å². The van der Waals surface area contributed by atoms with Gasteiger partial charge in [-0.25, -0.2) is 4.68 Å². The largest absolute Gasteiger partial charge is 0.494 e. The Labute approximate surface area is 112 Å². The van der Waals surface area contributed by atoms with Gasteiger partial charge in [0.05, 0.1) is 5.69 Å². The van der Waals surface area contributed by atoms with Crippen molar-refractivity contribution in [2.24, 2.45) is 0 Å². The molecule has 0 saturated heterocycles. The first kappa shape index (κ1) is 11.6. The molecular weight excluding hydrogens is 268 g/mol. The molecule has 0 atom stereocenters. The van der Waals surface area contributed by atoms with E-state index in [0.29, 0.717) is 16.2 Å². The van der Waals surface area contributed by atoms with Gasteiger partial charge < -0.3 is 10.8 Å². The minimum atomic E-state index is -0.479. The predicted molar refractivity (Wildman–Crippen MR) is 72.8 cm³/mol. The number of H-pyrrole nitrogens is 1. The van der Waals surface area contributed by atoms with Crippen LogP contribution in [0.3, 0.4) is 0 Å². The lowest BCUT2D eigenvalue weighted by molar-refractivity contribution is 0.453. The maximum atomic E-state index is 11.7. The van der Waals surface area contributed by atoms with Gasteiger partial charge in [-0.2, -0.15) is 5.10 Å². The van der Waals surface area contributed by atoms with Crippen molar-refractivity contribution in [1.82, 2.24) is 14.8 Å². The average Bonchev–Trinajstić information content (AvgIpc) is 2.67. The quantitative estimate of drug-likeness (QED) is 0.629. The summed E-state index contributed by atoms with van der Waals surface area (Å²) in [7, 11) is 0. The molecule has 0 bridgehead atoms. The number of aromatic amines is 1. The number of hydrogen-bond acceptors (Lipinski definition) is 4. The number of rotatable bonds is 1. The molecule has 1 aromatic carbocycles. The first-order chi connectivity index (χ1) is 9.06. The van der Waals surface area contributed by atoms with Gasteiger partial charge in [0.25, 0.3) is 5.56 Å². The summed E-state index contributed by atoms with van der Waals surface area (Å²) in [5.41, 5.74) is 6.45. The minimum absolute atomic E-state index is 0.207. The van der Waals surface area contributed by atoms with Gasteiger partial charge in [-0.1, -0.05) is 11.6 Å². The second kappa shape index (κ2) is 4.03. The maximum absolute atomic E-state index is 11.7. The highest BCUT2D eigenvalue weighted by Crippen LogP contribution is 2.23. The molecule has 0 spiro atoms. The number of pyridine rings is 1. The van der Waals surface area contributed by atoms with E-state index in [1.807, 2.05) is 0 Å². The Balaban J connectivity index is 2.31. The number of anilines is 1. The fourth-order valence-electron chi connectivity index (χ4n) is 1.91. The number of hydrogen-bond donors (Lipinski definition) is 3. The summed E-state index contributed by atoms with van der Waals surface area (Å²) in [6, 6.07) is 8.21. The molecule has 0 radical (unpaired) electrons. The van der Waals surface area contributed by atoms with Crippen LogP contribution in [0, 0.1) is 0 Å². The van der Waals surface area contributed by atoms with Crippen LogP contribution in [0.5, 0.6) is 5.88 Å². The SMILES string of the molecule is Nc1c2c(=O)[nH]c(O)cc2nn1-c1ccc(Cl)cc1. The molecule has 0 aliphatic heterocycles. The van der Waals surface area contributed by atoms with Gasteiger partial charge >= 0.3 is 0 Å². The molecule has 2 aromatic heterocycles. The number of fused-ring (bicyclic) bond motifs is 1. The van der Waals surface area contributed by atoms with E-state index in [9.17, 15) is 9.90 Å². The lowest BCUT2D eigenvalue weighted by Crippen LogP contribution is -2.07. The topological polar surface area (TPSA) is 96.9 Å². The molecule has 2 heterocycles. The smallest absolute Gasteiger partial charge is 0.263 e. The standard InChI is InChI=1S/C12H9ClN4O2/c13-6-1-3-7(4-2-6)17-11(14)10-8(16-17)5-9(18)15-12(10)19/h1-5,18H,14H2,(H,15,19). The van der Waals surface area contributed by atoms with Crippen LogP contribution < -0.4 is 11.3 Å². The van der Waals surface area contributed by atoms with Crippen LogP contribution in [0.25, 0.3) is 16.6 Å². The maximum Gasteiger partial charge on any atom is 0.263 e. The van der Waals surface area contributed by atoms with Gasteiger partial charge in [-0.05, 0) is 24.3 Å². The molecule has 3 aromatic rings. The van der Waals surface area contributed by atoms with E-state index in [-0.39, 0.29) is 17.1 Å². The first-order valence-corrected chi connectivity index (χ1v) is 5.80. The van der Waals surface area contributed by atoms with Crippen LogP contribution in [0.1, 0.15) is 0 Å². The van der Waals surface area contributed by atoms with Crippen LogP contribution in [-0.2, 0) is 0 Å². The van der Waals surface area contributed by atoms with E-state index < -0.39 is 5.56 Å². The Hall–Kier alpha value is -2.47. The highest BCUT2D eigenvalue weighted by atomic mass is 35.5. The third kappa shape index (κ3) is 1.82. The molecule has 19 heavy (non-hydrogen) atoms. The zero-order valence-corrected chi connectivity index (χ0v) is 10.3. The Morgan fingerprint density at radius 1 is 1.32 bits per heavy atom. The van der Waals surface area contributed by atoms with Crippen molar-refractivity contribution in [3.8, 4) is 11.6 Å². The van der Waals surface area contributed by atoms with E-state index >= 15 is 0 Å². The normalized spacial score (nSPS) is 11.0. The van der Waals surface area contributed by atoms with Crippen LogP contribution in [0.2, 0.25) is 5.02 Å². The van der Waals surface area contributed by atoms with Gasteiger partial charge in [-0.15, -0.1) is 0 Å². The number of aromatic hydroxyl groups is 1. The molecule has 0 saturated carbocycles. The molecule has 0 amide bonds. The summed E-state index contributed by atoms with van der Waals surface area (Å²) in [5, 5.41) is 14.4. The van der Waals surface area contributed by atoms with Crippen molar-refractivity contribution in [2.75, 3.05) is 5.73 Å². The highest BCUT2D eigenvalue weighted by Gasteiger charge is 2.14. The Morgan fingerprint density at radius 2 is 2.00 bits per heavy atom. The van der Waals surface area contributed by atoms with Crippen molar-refractivity contribution in [1.29, 1.82) is 0 Å². The van der Waals surface area contributed by atoms with Crippen molar-refractivity contribution in [2.45, 2.75) is 0 Å². The molecule has 96 valence electrons. The third-order valence-electron chi connectivity index (χ3n) is 2.76. The molecule has 0 aliphatic carbocycles. The first-order valence-electron chi connectivity index (χ1n) is 5.42. The molecule has 0 fully saturated rings. The number of benzene rings is 1. The molecule has 0 unspecified atom stereocenters. The summed E-state index contributed by atoms with van der Waals surface area (Å²) in [6.07, 6.45) is 0. The summed E-state index contributed by atoms with van der Waals surface area (Å²) in [5.74, 6) is -0.0446. The van der Waals surface area contributed by atoms with Crippen LogP contribution in [0.15, 0.2) is 35.1 Å². The van der Waals surface area contributed by atoms with Gasteiger partial charge in [0.1, 0.15) is 16.7 Å². The van der Waals surface area contributed by atoms with Crippen molar-refractivity contribution in [3.63, 3.8) is 0 Å². The van der Waals surface area contributed by atoms with Gasteiger partial charge in [-0.3, -0.25) is 9.78 Å². The van der Waals surface area contributed by atoms with Crippen molar-refractivity contribution < 1.29 is 5.11 Å². The summed E-state index contributed by atoms with van der Waals surface area (Å²) >= 11 is 5.81. The van der Waals surface area contributed by atoms with E-state index in [2.05, 4.69) is 10.1 Å². The van der Waals surface area contributed by atoms with E-state index in [0.717, 1.165) is 0 Å². The van der Waals surface area contributed by atoms with Gasteiger partial charge in [0, 0.05) is 11.1 Å². The Bertz CT molecular complexity index is 820. The number of nitrogen functional groups attached to an aromatic ring is 1. The van der Waals surface area contributed by atoms with Gasteiger partial charge in [0.2, 0.25) is 0 Å². The highest BCUT2D eigenvalue weighted by molar-refractivity contribution is 6.30. The van der Waals surface area contributed by atoms with Gasteiger partial charge in [0.15, 0.2) is 5.88 Å². The second-order valence-electron chi connectivity index (χ2n) is 4.02. The van der Waals surface area contributed by atoms with Crippen molar-refractivity contribution in [3.05, 3.63) is 45.7 Å². The average molecular weight is 277 g/mol. The summed E-state index contributed by atoms with van der Waals surface area (Å²) in [6.45, 7) is 0. The van der Waals surface area contributed by atoms with Crippen LogP contribution in [0.4, 0.5) is 5.82 Å². The third-order valence-corrected chi connectivity index (χ3v) is 3.01. The fourth-order valence-corrected chi connectivity index (χ4v) is 2.03. The second-order valence-corrected chi connectivity index (χ2v) is 4.45. The fraction of sp³-hybridized carbons (Fsp3) is 0. The molecule has 6 nitrogen and oxygen atoms in total. The Kier molecular flexibility index (Phi) is 2.46. The summed E-state index contributed by atoms with van der Waals surface area (Å²) in [4.78, 5) is 14.0. The molecule has 7 heteroatoms. The number of halogens is 1. The monoisotopic (exact) mass is 276 g/mol. The molecule has 0 aliphatic rings. The molecular formula is C12H9ClN4O2. The van der Waals surface area contributed by atoms with Crippen molar-refractivity contribution >= 4 is 28.3 Å². The predicted octanol–water partition coefficient (Wildman–Crippen LogP) is 1.65. The summed E-state index contributed by atoms with van der Waals surface area (Å²) < 4.78 is 1.43. The zero-order valence-electron chi connectivity index (χ0n) is 9.59. The minimum Gasteiger partial charge on any atom is -0.494 e. The lowest BCUT2D eigenvalue weighted by Gasteiger charge is -2.03. The van der Waals surface area contributed by atoms with Crippen LogP contribution in [-0.4, -0.2) is 19.9 Å². The lowest BCUT2D eigenvalue weighted by atomic mass is 10.3. The van der Waals surface area contributed by atoms with E-state index in [1.165, 1.54) is 10.7 Å². The number of nitrogens with zero attached hydrogens (tertiary/aromatic N) is 2. The Morgan fingerprint density at radius 3 is 2.68 bits per heavy atom. The number of nitrogens with two attached hydrogens (primary N) is 1.